The summed E-state index contributed by atoms with van der Waals surface area (Å²) in [5.41, 5.74) is 0. The number of carboxylic acids is 1. The van der Waals surface area contributed by atoms with E-state index < -0.39 is 18.1 Å². The third kappa shape index (κ3) is 2.44. The fourth-order valence-corrected chi connectivity index (χ4v) is 2.77. The Morgan fingerprint density at radius 3 is 2.65 bits per heavy atom. The number of likely N-dealkylation sites (tertiary alicyclic amines) is 1. The molecule has 2 fully saturated rings. The number of piperidine rings is 1. The molecule has 0 saturated carbocycles. The van der Waals surface area contributed by atoms with Gasteiger partial charge >= 0.3 is 5.97 Å². The van der Waals surface area contributed by atoms with Gasteiger partial charge in [-0.2, -0.15) is 0 Å². The summed E-state index contributed by atoms with van der Waals surface area (Å²) in [5.74, 6) is -1.02. The lowest BCUT2D eigenvalue weighted by atomic mass is 9.90. The molecule has 1 amide bonds. The zero-order chi connectivity index (χ0) is 12.4. The highest BCUT2D eigenvalue weighted by atomic mass is 16.5. The fraction of sp³-hybridized carbons (Fsp3) is 0.833. The lowest BCUT2D eigenvalue weighted by Gasteiger charge is -2.38. The number of aliphatic carboxylic acids is 1. The van der Waals surface area contributed by atoms with Crippen LogP contribution in [0.5, 0.6) is 0 Å². The van der Waals surface area contributed by atoms with Crippen LogP contribution in [0, 0.1) is 5.92 Å². The summed E-state index contributed by atoms with van der Waals surface area (Å²) in [5, 5.41) is 9.24. The predicted octanol–water partition coefficient (Wildman–Crippen LogP) is 0.877. The predicted molar refractivity (Wildman–Crippen MR) is 60.5 cm³/mol. The molecular weight excluding hydrogens is 222 g/mol. The Morgan fingerprint density at radius 1 is 1.29 bits per heavy atom. The minimum atomic E-state index is -0.899. The lowest BCUT2D eigenvalue weighted by molar-refractivity contribution is -0.159. The molecule has 5 heteroatoms. The van der Waals surface area contributed by atoms with Crippen molar-refractivity contribution < 1.29 is 19.4 Å². The third-order valence-corrected chi connectivity index (χ3v) is 3.67. The Morgan fingerprint density at radius 2 is 2.06 bits per heavy atom. The smallest absolute Gasteiger partial charge is 0.326 e. The van der Waals surface area contributed by atoms with Crippen LogP contribution in [0.1, 0.15) is 32.6 Å². The molecule has 0 aromatic heterocycles. The summed E-state index contributed by atoms with van der Waals surface area (Å²) >= 11 is 0. The number of rotatable bonds is 2. The topological polar surface area (TPSA) is 66.8 Å². The Labute approximate surface area is 101 Å². The Bertz CT molecular complexity index is 312. The van der Waals surface area contributed by atoms with Gasteiger partial charge in [-0.25, -0.2) is 4.79 Å². The molecule has 5 nitrogen and oxygen atoms in total. The molecule has 17 heavy (non-hydrogen) atoms. The average Bonchev–Trinajstić information content (AvgIpc) is 2.80. The van der Waals surface area contributed by atoms with Gasteiger partial charge in [-0.05, 0) is 31.6 Å². The molecule has 2 saturated heterocycles. The van der Waals surface area contributed by atoms with E-state index >= 15 is 0 Å². The van der Waals surface area contributed by atoms with Crippen molar-refractivity contribution in [3.63, 3.8) is 0 Å². The van der Waals surface area contributed by atoms with E-state index in [0.29, 0.717) is 13.2 Å². The van der Waals surface area contributed by atoms with E-state index in [9.17, 15) is 14.7 Å². The van der Waals surface area contributed by atoms with Crippen molar-refractivity contribution >= 4 is 11.9 Å². The standard InChI is InChI=1S/C12H19NO4/c1-8-4-2-6-13(10(8)12(15)16)11(14)9-5-3-7-17-9/h8-10H,2-7H2,1H3,(H,15,16). The van der Waals surface area contributed by atoms with Crippen molar-refractivity contribution in [2.75, 3.05) is 13.2 Å². The van der Waals surface area contributed by atoms with Crippen LogP contribution in [-0.4, -0.2) is 47.2 Å². The number of hydrogen-bond donors (Lipinski definition) is 1. The first-order valence-corrected chi connectivity index (χ1v) is 6.26. The van der Waals surface area contributed by atoms with E-state index in [1.807, 2.05) is 6.92 Å². The van der Waals surface area contributed by atoms with Crippen LogP contribution in [-0.2, 0) is 14.3 Å². The Hall–Kier alpha value is -1.10. The first-order chi connectivity index (χ1) is 8.11. The normalized spacial score (nSPS) is 33.7. The molecule has 0 aliphatic carbocycles. The first-order valence-electron chi connectivity index (χ1n) is 6.26. The molecule has 0 aromatic rings. The molecule has 2 rings (SSSR count). The van der Waals surface area contributed by atoms with Crippen LogP contribution in [0.2, 0.25) is 0 Å². The zero-order valence-corrected chi connectivity index (χ0v) is 10.1. The van der Waals surface area contributed by atoms with Crippen LogP contribution < -0.4 is 0 Å². The second-order valence-electron chi connectivity index (χ2n) is 4.94. The highest BCUT2D eigenvalue weighted by Crippen LogP contribution is 2.26. The van der Waals surface area contributed by atoms with Crippen molar-refractivity contribution in [2.45, 2.75) is 44.8 Å². The van der Waals surface area contributed by atoms with Gasteiger partial charge in [0.2, 0.25) is 0 Å². The van der Waals surface area contributed by atoms with E-state index in [1.165, 1.54) is 4.90 Å². The van der Waals surface area contributed by atoms with E-state index in [1.54, 1.807) is 0 Å². The molecule has 0 spiro atoms. The first kappa shape index (κ1) is 12.4. The number of carboxylic acid groups (broad SMARTS) is 1. The second kappa shape index (κ2) is 5.04. The van der Waals surface area contributed by atoms with Crippen LogP contribution in [0.3, 0.4) is 0 Å². The zero-order valence-electron chi connectivity index (χ0n) is 10.1. The van der Waals surface area contributed by atoms with Crippen molar-refractivity contribution in [1.82, 2.24) is 4.90 Å². The van der Waals surface area contributed by atoms with Gasteiger partial charge in [0, 0.05) is 13.2 Å². The maximum absolute atomic E-state index is 12.2. The molecule has 0 aromatic carbocycles. The minimum Gasteiger partial charge on any atom is -0.480 e. The maximum atomic E-state index is 12.2. The van der Waals surface area contributed by atoms with Crippen LogP contribution in [0.15, 0.2) is 0 Å². The summed E-state index contributed by atoms with van der Waals surface area (Å²) in [7, 11) is 0. The third-order valence-electron chi connectivity index (χ3n) is 3.67. The molecule has 0 bridgehead atoms. The van der Waals surface area contributed by atoms with Gasteiger partial charge in [-0.1, -0.05) is 6.92 Å². The van der Waals surface area contributed by atoms with Gasteiger partial charge in [0.15, 0.2) is 0 Å². The van der Waals surface area contributed by atoms with Gasteiger partial charge in [-0.15, -0.1) is 0 Å². The van der Waals surface area contributed by atoms with E-state index in [4.69, 9.17) is 4.74 Å². The van der Waals surface area contributed by atoms with Crippen LogP contribution >= 0.6 is 0 Å². The highest BCUT2D eigenvalue weighted by molar-refractivity contribution is 5.87. The summed E-state index contributed by atoms with van der Waals surface area (Å²) in [4.78, 5) is 25.0. The van der Waals surface area contributed by atoms with E-state index in [2.05, 4.69) is 0 Å². The summed E-state index contributed by atoms with van der Waals surface area (Å²) in [6.45, 7) is 3.05. The molecule has 3 atom stereocenters. The van der Waals surface area contributed by atoms with E-state index in [0.717, 1.165) is 25.7 Å². The number of nitrogens with zero attached hydrogens (tertiary/aromatic N) is 1. The summed E-state index contributed by atoms with van der Waals surface area (Å²) in [6, 6.07) is -0.680. The van der Waals surface area contributed by atoms with Gasteiger partial charge in [-0.3, -0.25) is 4.79 Å². The molecule has 1 N–H and O–H groups in total. The molecule has 3 unspecified atom stereocenters. The Kier molecular flexibility index (Phi) is 3.66. The van der Waals surface area contributed by atoms with Gasteiger partial charge in [0.25, 0.3) is 5.91 Å². The average molecular weight is 241 g/mol. The SMILES string of the molecule is CC1CCCN(C(=O)C2CCCO2)C1C(=O)O. The highest BCUT2D eigenvalue weighted by Gasteiger charge is 2.40. The van der Waals surface area contributed by atoms with Crippen molar-refractivity contribution in [1.29, 1.82) is 0 Å². The second-order valence-corrected chi connectivity index (χ2v) is 4.94. The molecule has 2 aliphatic rings. The maximum Gasteiger partial charge on any atom is 0.326 e. The minimum absolute atomic E-state index is 0.0200. The molecule has 96 valence electrons. The summed E-state index contributed by atoms with van der Waals surface area (Å²) < 4.78 is 5.35. The molecule has 0 radical (unpaired) electrons. The van der Waals surface area contributed by atoms with Crippen molar-refractivity contribution in [3.8, 4) is 0 Å². The van der Waals surface area contributed by atoms with Gasteiger partial charge in [0.1, 0.15) is 12.1 Å². The number of amides is 1. The van der Waals surface area contributed by atoms with Gasteiger partial charge < -0.3 is 14.7 Å². The largest absolute Gasteiger partial charge is 0.480 e. The van der Waals surface area contributed by atoms with Crippen molar-refractivity contribution in [3.05, 3.63) is 0 Å². The van der Waals surface area contributed by atoms with Gasteiger partial charge in [0.05, 0.1) is 0 Å². The van der Waals surface area contributed by atoms with E-state index in [-0.39, 0.29) is 11.8 Å². The molecular formula is C12H19NO4. The lowest BCUT2D eigenvalue weighted by Crippen LogP contribution is -2.54. The summed E-state index contributed by atoms with van der Waals surface area (Å²) in [6.07, 6.45) is 2.94. The molecule has 2 aliphatic heterocycles. The van der Waals surface area contributed by atoms with Crippen LogP contribution in [0.4, 0.5) is 0 Å². The van der Waals surface area contributed by atoms with Crippen LogP contribution in [0.25, 0.3) is 0 Å². The number of carbonyl (C=O) groups excluding carboxylic acids is 1. The Balaban J connectivity index is 2.10. The fourth-order valence-electron chi connectivity index (χ4n) is 2.77. The molecule has 2 heterocycles. The monoisotopic (exact) mass is 241 g/mol. The quantitative estimate of drug-likeness (QED) is 0.779. The number of hydrogen-bond acceptors (Lipinski definition) is 3. The van der Waals surface area contributed by atoms with Crippen molar-refractivity contribution in [2.24, 2.45) is 5.92 Å². The number of ether oxygens (including phenoxy) is 1. The number of carbonyl (C=O) groups is 2.